The van der Waals surface area contributed by atoms with Crippen LogP contribution in [0.2, 0.25) is 0 Å². The highest BCUT2D eigenvalue weighted by Crippen LogP contribution is 2.36. The molecular formula is C45H30N4. The van der Waals surface area contributed by atoms with Gasteiger partial charge < -0.3 is 4.57 Å². The van der Waals surface area contributed by atoms with Crippen molar-refractivity contribution in [2.75, 3.05) is 0 Å². The average molecular weight is 627 g/mol. The maximum Gasteiger partial charge on any atom is 0.164 e. The molecule has 0 aliphatic heterocycles. The lowest BCUT2D eigenvalue weighted by Gasteiger charge is -2.12. The van der Waals surface area contributed by atoms with E-state index in [1.165, 1.54) is 32.9 Å². The summed E-state index contributed by atoms with van der Waals surface area (Å²) >= 11 is 0. The molecule has 0 radical (unpaired) electrons. The second-order valence-corrected chi connectivity index (χ2v) is 12.1. The maximum atomic E-state index is 4.97. The average Bonchev–Trinajstić information content (AvgIpc) is 3.52. The molecule has 0 atom stereocenters. The molecule has 0 aliphatic carbocycles. The molecule has 0 saturated carbocycles. The molecule has 9 rings (SSSR count). The zero-order valence-corrected chi connectivity index (χ0v) is 26.6. The molecular weight excluding hydrogens is 597 g/mol. The summed E-state index contributed by atoms with van der Waals surface area (Å²) in [5, 5.41) is 2.48. The lowest BCUT2D eigenvalue weighted by Crippen LogP contribution is -2.00. The number of benzene rings is 7. The Morgan fingerprint density at radius 1 is 0.286 bits per heavy atom. The topological polar surface area (TPSA) is 43.6 Å². The molecule has 4 heteroatoms. The third kappa shape index (κ3) is 5.35. The van der Waals surface area contributed by atoms with Gasteiger partial charge in [-0.15, -0.1) is 0 Å². The summed E-state index contributed by atoms with van der Waals surface area (Å²) in [4.78, 5) is 14.8. The van der Waals surface area contributed by atoms with Gasteiger partial charge in [0.1, 0.15) is 0 Å². The highest BCUT2D eigenvalue weighted by atomic mass is 15.0. The van der Waals surface area contributed by atoms with Gasteiger partial charge in [-0.25, -0.2) is 15.0 Å². The number of fused-ring (bicyclic) bond motifs is 3. The van der Waals surface area contributed by atoms with Crippen molar-refractivity contribution in [3.8, 4) is 62.1 Å². The molecule has 0 bridgehead atoms. The minimum absolute atomic E-state index is 0.640. The van der Waals surface area contributed by atoms with Crippen LogP contribution in [0.25, 0.3) is 83.9 Å². The summed E-state index contributed by atoms with van der Waals surface area (Å²) in [6.45, 7) is 0. The van der Waals surface area contributed by atoms with Crippen molar-refractivity contribution in [3.63, 3.8) is 0 Å². The Labute approximate surface area is 284 Å². The van der Waals surface area contributed by atoms with E-state index >= 15 is 0 Å². The largest absolute Gasteiger partial charge is 0.309 e. The van der Waals surface area contributed by atoms with E-state index in [0.717, 1.165) is 33.5 Å². The van der Waals surface area contributed by atoms with Gasteiger partial charge in [0.05, 0.1) is 11.0 Å². The SMILES string of the molecule is c1ccc(-c2ccc3c4ccccc4n(-c4cccc(-c5cccc(-c6nc(-c7ccccc7)nc(-c7ccccc7)n6)c5)c4)c3c2)cc1. The molecule has 7 aromatic carbocycles. The van der Waals surface area contributed by atoms with Crippen LogP contribution >= 0.6 is 0 Å². The molecule has 0 spiro atoms. The molecule has 2 heterocycles. The predicted octanol–water partition coefficient (Wildman–Crippen LogP) is 11.3. The molecule has 0 saturated heterocycles. The van der Waals surface area contributed by atoms with E-state index in [1.807, 2.05) is 60.7 Å². The molecule has 0 aliphatic rings. The summed E-state index contributed by atoms with van der Waals surface area (Å²) in [7, 11) is 0. The van der Waals surface area contributed by atoms with E-state index in [2.05, 4.69) is 126 Å². The monoisotopic (exact) mass is 626 g/mol. The van der Waals surface area contributed by atoms with Gasteiger partial charge in [-0.2, -0.15) is 0 Å². The van der Waals surface area contributed by atoms with Crippen LogP contribution in [-0.4, -0.2) is 19.5 Å². The standard InChI is InChI=1S/C45H30N4/c1-4-14-31(15-5-1)36-26-27-40-39-24-10-11-25-41(39)49(42(40)30-36)38-23-13-21-35(29-38)34-20-12-22-37(28-34)45-47-43(32-16-6-2-7-17-32)46-44(48-45)33-18-8-3-9-19-33/h1-30H. The first-order valence-corrected chi connectivity index (χ1v) is 16.5. The quantitative estimate of drug-likeness (QED) is 0.184. The van der Waals surface area contributed by atoms with E-state index in [1.54, 1.807) is 0 Å². The lowest BCUT2D eigenvalue weighted by atomic mass is 10.0. The summed E-state index contributed by atoms with van der Waals surface area (Å²) in [6.07, 6.45) is 0. The first kappa shape index (κ1) is 28.6. The van der Waals surface area contributed by atoms with E-state index in [4.69, 9.17) is 15.0 Å². The van der Waals surface area contributed by atoms with Crippen molar-refractivity contribution < 1.29 is 0 Å². The van der Waals surface area contributed by atoms with Crippen LogP contribution in [0, 0.1) is 0 Å². The first-order chi connectivity index (χ1) is 24.3. The molecule has 0 N–H and O–H groups in total. The number of para-hydroxylation sites is 1. The van der Waals surface area contributed by atoms with E-state index in [0.29, 0.717) is 17.5 Å². The van der Waals surface area contributed by atoms with Crippen molar-refractivity contribution in [2.45, 2.75) is 0 Å². The van der Waals surface area contributed by atoms with Gasteiger partial charge in [0.25, 0.3) is 0 Å². The number of hydrogen-bond donors (Lipinski definition) is 0. The van der Waals surface area contributed by atoms with Gasteiger partial charge >= 0.3 is 0 Å². The number of hydrogen-bond acceptors (Lipinski definition) is 3. The molecule has 0 unspecified atom stereocenters. The molecule has 49 heavy (non-hydrogen) atoms. The Kier molecular flexibility index (Phi) is 7.10. The Balaban J connectivity index is 1.17. The molecule has 2 aromatic heterocycles. The third-order valence-corrected chi connectivity index (χ3v) is 9.04. The van der Waals surface area contributed by atoms with Gasteiger partial charge in [0.2, 0.25) is 0 Å². The third-order valence-electron chi connectivity index (χ3n) is 9.04. The van der Waals surface area contributed by atoms with Crippen LogP contribution in [0.3, 0.4) is 0 Å². The van der Waals surface area contributed by atoms with Gasteiger partial charge in [0.15, 0.2) is 17.5 Å². The fourth-order valence-corrected chi connectivity index (χ4v) is 6.66. The number of rotatable bonds is 6. The zero-order chi connectivity index (χ0) is 32.6. The van der Waals surface area contributed by atoms with Crippen LogP contribution in [-0.2, 0) is 0 Å². The number of nitrogens with zero attached hydrogens (tertiary/aromatic N) is 4. The summed E-state index contributed by atoms with van der Waals surface area (Å²) < 4.78 is 2.38. The molecule has 230 valence electrons. The fraction of sp³-hybridized carbons (Fsp3) is 0. The van der Waals surface area contributed by atoms with Crippen molar-refractivity contribution >= 4 is 21.8 Å². The van der Waals surface area contributed by atoms with Gasteiger partial charge in [0, 0.05) is 33.2 Å². The number of aromatic nitrogens is 4. The van der Waals surface area contributed by atoms with Crippen molar-refractivity contribution in [2.24, 2.45) is 0 Å². The smallest absolute Gasteiger partial charge is 0.164 e. The second-order valence-electron chi connectivity index (χ2n) is 12.1. The van der Waals surface area contributed by atoms with Crippen molar-refractivity contribution in [1.29, 1.82) is 0 Å². The van der Waals surface area contributed by atoms with Crippen LogP contribution in [0.1, 0.15) is 0 Å². The summed E-state index contributed by atoms with van der Waals surface area (Å²) in [5.41, 5.74) is 10.9. The van der Waals surface area contributed by atoms with Crippen LogP contribution in [0.5, 0.6) is 0 Å². The van der Waals surface area contributed by atoms with Crippen LogP contribution in [0.15, 0.2) is 182 Å². The minimum Gasteiger partial charge on any atom is -0.309 e. The highest BCUT2D eigenvalue weighted by Gasteiger charge is 2.15. The predicted molar refractivity (Wildman–Crippen MR) is 201 cm³/mol. The Morgan fingerprint density at radius 3 is 1.43 bits per heavy atom. The normalized spacial score (nSPS) is 11.3. The highest BCUT2D eigenvalue weighted by molar-refractivity contribution is 6.10. The lowest BCUT2D eigenvalue weighted by molar-refractivity contribution is 1.07. The first-order valence-electron chi connectivity index (χ1n) is 16.5. The van der Waals surface area contributed by atoms with E-state index in [-0.39, 0.29) is 0 Å². The molecule has 4 nitrogen and oxygen atoms in total. The van der Waals surface area contributed by atoms with Crippen LogP contribution < -0.4 is 0 Å². The molecule has 9 aromatic rings. The minimum atomic E-state index is 0.640. The summed E-state index contributed by atoms with van der Waals surface area (Å²) in [6, 6.07) is 63.5. The second kappa shape index (κ2) is 12.2. The molecule has 0 amide bonds. The zero-order valence-electron chi connectivity index (χ0n) is 26.6. The van der Waals surface area contributed by atoms with E-state index < -0.39 is 0 Å². The van der Waals surface area contributed by atoms with Gasteiger partial charge in [-0.05, 0) is 52.6 Å². The Bertz CT molecular complexity index is 2530. The fourth-order valence-electron chi connectivity index (χ4n) is 6.66. The Morgan fingerprint density at radius 2 is 0.755 bits per heavy atom. The van der Waals surface area contributed by atoms with Gasteiger partial charge in [-0.1, -0.05) is 152 Å². The van der Waals surface area contributed by atoms with E-state index in [9.17, 15) is 0 Å². The maximum absolute atomic E-state index is 4.97. The molecule has 0 fully saturated rings. The van der Waals surface area contributed by atoms with Gasteiger partial charge in [-0.3, -0.25) is 0 Å². The Hall–Kier alpha value is -6.65. The van der Waals surface area contributed by atoms with Crippen molar-refractivity contribution in [3.05, 3.63) is 182 Å². The summed E-state index contributed by atoms with van der Waals surface area (Å²) in [5.74, 6) is 1.94. The van der Waals surface area contributed by atoms with Crippen molar-refractivity contribution in [1.82, 2.24) is 19.5 Å². The van der Waals surface area contributed by atoms with Crippen LogP contribution in [0.4, 0.5) is 0 Å².